The molecular weight excluding hydrogens is 399 g/mol. The number of nitrogens with one attached hydrogen (secondary N) is 2. The summed E-state index contributed by atoms with van der Waals surface area (Å²) < 4.78 is 0. The summed E-state index contributed by atoms with van der Waals surface area (Å²) >= 11 is 2.03. The van der Waals surface area contributed by atoms with Crippen LogP contribution >= 0.6 is 35.7 Å². The van der Waals surface area contributed by atoms with Crippen molar-refractivity contribution in [1.82, 2.24) is 15.5 Å². The summed E-state index contributed by atoms with van der Waals surface area (Å²) in [5.41, 5.74) is 0. The van der Waals surface area contributed by atoms with Crippen molar-refractivity contribution in [3.05, 3.63) is 0 Å². The highest BCUT2D eigenvalue weighted by molar-refractivity contribution is 14.0. The van der Waals surface area contributed by atoms with Gasteiger partial charge in [0.15, 0.2) is 5.96 Å². The molecule has 1 atom stereocenters. The number of carbonyl (C=O) groups excluding carboxylic acids is 1. The smallest absolute Gasteiger partial charge is 0.239 e. The lowest BCUT2D eigenvalue weighted by atomic mass is 10.1. The Labute approximate surface area is 150 Å². The SMILES string of the molecule is CN=C(NCC(=O)NC(C)C)N1CCSC(C(C)C)C1.I. The molecule has 1 fully saturated rings. The minimum atomic E-state index is 0. The van der Waals surface area contributed by atoms with Crippen molar-refractivity contribution >= 4 is 47.6 Å². The first-order valence-electron chi connectivity index (χ1n) is 7.30. The minimum Gasteiger partial charge on any atom is -0.352 e. The van der Waals surface area contributed by atoms with Crippen LogP contribution in [-0.2, 0) is 4.79 Å². The summed E-state index contributed by atoms with van der Waals surface area (Å²) in [7, 11) is 1.77. The largest absolute Gasteiger partial charge is 0.352 e. The predicted octanol–water partition coefficient (Wildman–Crippen LogP) is 1.78. The maximum Gasteiger partial charge on any atom is 0.239 e. The topological polar surface area (TPSA) is 56.7 Å². The highest BCUT2D eigenvalue weighted by atomic mass is 127. The van der Waals surface area contributed by atoms with Crippen molar-refractivity contribution in [2.24, 2.45) is 10.9 Å². The molecule has 124 valence electrons. The quantitative estimate of drug-likeness (QED) is 0.407. The molecule has 1 aliphatic heterocycles. The van der Waals surface area contributed by atoms with Gasteiger partial charge in [-0.25, -0.2) is 0 Å². The number of rotatable bonds is 4. The van der Waals surface area contributed by atoms with Crippen LogP contribution < -0.4 is 10.6 Å². The molecule has 2 N–H and O–H groups in total. The van der Waals surface area contributed by atoms with Crippen LogP contribution in [0, 0.1) is 5.92 Å². The minimum absolute atomic E-state index is 0. The Kier molecular flexibility index (Phi) is 10.4. The molecule has 1 aliphatic rings. The Morgan fingerprint density at radius 1 is 1.38 bits per heavy atom. The zero-order chi connectivity index (χ0) is 15.1. The van der Waals surface area contributed by atoms with Crippen molar-refractivity contribution in [1.29, 1.82) is 0 Å². The number of guanidine groups is 1. The Morgan fingerprint density at radius 3 is 2.57 bits per heavy atom. The molecule has 0 aliphatic carbocycles. The number of carbonyl (C=O) groups is 1. The van der Waals surface area contributed by atoms with E-state index in [4.69, 9.17) is 0 Å². The van der Waals surface area contributed by atoms with Gasteiger partial charge in [0.25, 0.3) is 0 Å². The van der Waals surface area contributed by atoms with Crippen LogP contribution in [0.2, 0.25) is 0 Å². The summed E-state index contributed by atoms with van der Waals surface area (Å²) in [6.45, 7) is 10.7. The second kappa shape index (κ2) is 10.5. The Balaban J connectivity index is 0.00000400. The van der Waals surface area contributed by atoms with Crippen molar-refractivity contribution < 1.29 is 4.79 Å². The number of nitrogens with zero attached hydrogens (tertiary/aromatic N) is 2. The van der Waals surface area contributed by atoms with E-state index < -0.39 is 0 Å². The predicted molar refractivity (Wildman–Crippen MR) is 103 cm³/mol. The van der Waals surface area contributed by atoms with Gasteiger partial charge in [0, 0.05) is 37.2 Å². The zero-order valence-electron chi connectivity index (χ0n) is 13.7. The molecule has 0 aromatic carbocycles. The maximum absolute atomic E-state index is 11.7. The second-order valence-corrected chi connectivity index (χ2v) is 7.07. The summed E-state index contributed by atoms with van der Waals surface area (Å²) in [6.07, 6.45) is 0. The lowest BCUT2D eigenvalue weighted by Gasteiger charge is -2.36. The van der Waals surface area contributed by atoms with E-state index in [2.05, 4.69) is 34.4 Å². The highest BCUT2D eigenvalue weighted by Crippen LogP contribution is 2.24. The van der Waals surface area contributed by atoms with Gasteiger partial charge in [-0.1, -0.05) is 13.8 Å². The maximum atomic E-state index is 11.7. The van der Waals surface area contributed by atoms with E-state index in [9.17, 15) is 4.79 Å². The molecule has 1 saturated heterocycles. The third kappa shape index (κ3) is 7.58. The van der Waals surface area contributed by atoms with Gasteiger partial charge in [0.1, 0.15) is 0 Å². The Bertz CT molecular complexity index is 350. The third-order valence-corrected chi connectivity index (χ3v) is 4.74. The van der Waals surface area contributed by atoms with Crippen LogP contribution in [-0.4, -0.2) is 60.5 Å². The van der Waals surface area contributed by atoms with Crippen LogP contribution in [0.25, 0.3) is 0 Å². The molecular formula is C14H29IN4OS. The third-order valence-electron chi connectivity index (χ3n) is 3.21. The van der Waals surface area contributed by atoms with Crippen molar-refractivity contribution in [2.75, 3.05) is 32.4 Å². The lowest BCUT2D eigenvalue weighted by molar-refractivity contribution is -0.120. The van der Waals surface area contributed by atoms with Gasteiger partial charge in [-0.05, 0) is 19.8 Å². The van der Waals surface area contributed by atoms with Gasteiger partial charge in [-0.2, -0.15) is 11.8 Å². The van der Waals surface area contributed by atoms with E-state index in [1.54, 1.807) is 7.05 Å². The van der Waals surface area contributed by atoms with Gasteiger partial charge in [-0.3, -0.25) is 9.79 Å². The average Bonchev–Trinajstić information content (AvgIpc) is 2.39. The molecule has 5 nitrogen and oxygen atoms in total. The molecule has 7 heteroatoms. The second-order valence-electron chi connectivity index (χ2n) is 5.72. The number of aliphatic imine (C=N–C) groups is 1. The first kappa shape index (κ1) is 20.8. The van der Waals surface area contributed by atoms with E-state index >= 15 is 0 Å². The molecule has 0 spiro atoms. The van der Waals surface area contributed by atoms with E-state index in [1.165, 1.54) is 0 Å². The lowest BCUT2D eigenvalue weighted by Crippen LogP contribution is -2.51. The number of thioether (sulfide) groups is 1. The molecule has 0 bridgehead atoms. The zero-order valence-corrected chi connectivity index (χ0v) is 16.8. The molecule has 0 aromatic heterocycles. The standard InChI is InChI=1S/C14H28N4OS.HI/c1-10(2)12-9-18(6-7-20-12)14(15-5)16-8-13(19)17-11(3)4;/h10-12H,6-9H2,1-5H3,(H,15,16)(H,17,19);1H. The van der Waals surface area contributed by atoms with Crippen LogP contribution in [0.4, 0.5) is 0 Å². The fourth-order valence-corrected chi connectivity index (χ4v) is 3.43. The molecule has 21 heavy (non-hydrogen) atoms. The normalized spacial score (nSPS) is 19.5. The van der Waals surface area contributed by atoms with Crippen molar-refractivity contribution in [2.45, 2.75) is 39.0 Å². The molecule has 1 amide bonds. The summed E-state index contributed by atoms with van der Waals surface area (Å²) in [4.78, 5) is 18.2. The fraction of sp³-hybridized carbons (Fsp3) is 0.857. The van der Waals surface area contributed by atoms with Crippen LogP contribution in [0.5, 0.6) is 0 Å². The van der Waals surface area contributed by atoms with Gasteiger partial charge in [0.05, 0.1) is 6.54 Å². The number of amides is 1. The van der Waals surface area contributed by atoms with Crippen LogP contribution in [0.3, 0.4) is 0 Å². The van der Waals surface area contributed by atoms with Gasteiger partial charge < -0.3 is 15.5 Å². The van der Waals surface area contributed by atoms with Gasteiger partial charge in [-0.15, -0.1) is 24.0 Å². The summed E-state index contributed by atoms with van der Waals surface area (Å²) in [6, 6.07) is 0.169. The molecule has 1 rings (SSSR count). The first-order valence-corrected chi connectivity index (χ1v) is 8.35. The summed E-state index contributed by atoms with van der Waals surface area (Å²) in [5, 5.41) is 6.66. The monoisotopic (exact) mass is 428 g/mol. The van der Waals surface area contributed by atoms with Crippen LogP contribution in [0.15, 0.2) is 4.99 Å². The van der Waals surface area contributed by atoms with Crippen molar-refractivity contribution in [3.63, 3.8) is 0 Å². The average molecular weight is 428 g/mol. The fourth-order valence-electron chi connectivity index (χ4n) is 2.14. The van der Waals surface area contributed by atoms with E-state index in [0.29, 0.717) is 11.2 Å². The van der Waals surface area contributed by atoms with Gasteiger partial charge >= 0.3 is 0 Å². The van der Waals surface area contributed by atoms with E-state index in [-0.39, 0.29) is 42.5 Å². The van der Waals surface area contributed by atoms with E-state index in [0.717, 1.165) is 24.8 Å². The molecule has 1 heterocycles. The molecule has 0 aromatic rings. The number of halogens is 1. The number of hydrogen-bond donors (Lipinski definition) is 2. The Morgan fingerprint density at radius 2 is 2.05 bits per heavy atom. The van der Waals surface area contributed by atoms with Crippen molar-refractivity contribution in [3.8, 4) is 0 Å². The molecule has 0 radical (unpaired) electrons. The molecule has 1 unspecified atom stereocenters. The summed E-state index contributed by atoms with van der Waals surface area (Å²) in [5.74, 6) is 2.61. The Hall–Kier alpha value is -0.180. The van der Waals surface area contributed by atoms with E-state index in [1.807, 2.05) is 25.6 Å². The highest BCUT2D eigenvalue weighted by Gasteiger charge is 2.24. The first-order chi connectivity index (χ1) is 9.43. The molecule has 0 saturated carbocycles. The van der Waals surface area contributed by atoms with Gasteiger partial charge in [0.2, 0.25) is 5.91 Å². The van der Waals surface area contributed by atoms with Crippen LogP contribution in [0.1, 0.15) is 27.7 Å². The number of hydrogen-bond acceptors (Lipinski definition) is 3.